The van der Waals surface area contributed by atoms with Crippen LogP contribution in [0.5, 0.6) is 0 Å². The summed E-state index contributed by atoms with van der Waals surface area (Å²) < 4.78 is 25.9. The predicted octanol–water partition coefficient (Wildman–Crippen LogP) is -1.11. The molecule has 0 fully saturated rings. The van der Waals surface area contributed by atoms with Crippen molar-refractivity contribution in [2.24, 2.45) is 0 Å². The van der Waals surface area contributed by atoms with E-state index in [-0.39, 0.29) is 6.54 Å². The number of H-pyrrole nitrogens is 2. The Labute approximate surface area is 109 Å². The van der Waals surface area contributed by atoms with E-state index < -0.39 is 31.8 Å². The summed E-state index contributed by atoms with van der Waals surface area (Å²) in [5.74, 6) is 0. The maximum Gasteiger partial charge on any atom is 0.325 e. The molecule has 108 valence electrons. The molecular formula is C10H17N3O5S. The van der Waals surface area contributed by atoms with Crippen molar-refractivity contribution in [3.63, 3.8) is 0 Å². The minimum atomic E-state index is -4.08. The lowest BCUT2D eigenvalue weighted by Gasteiger charge is -2.25. The summed E-state index contributed by atoms with van der Waals surface area (Å²) in [4.78, 5) is 25.5. The molecule has 4 N–H and O–H groups in total. The van der Waals surface area contributed by atoms with Gasteiger partial charge in [0.25, 0.3) is 5.56 Å². The van der Waals surface area contributed by atoms with E-state index in [0.29, 0.717) is 12.8 Å². The van der Waals surface area contributed by atoms with Crippen LogP contribution in [0.2, 0.25) is 0 Å². The van der Waals surface area contributed by atoms with Crippen LogP contribution in [0.25, 0.3) is 0 Å². The van der Waals surface area contributed by atoms with Crippen molar-refractivity contribution < 1.29 is 13.5 Å². The molecule has 0 unspecified atom stereocenters. The van der Waals surface area contributed by atoms with Gasteiger partial charge in [-0.3, -0.25) is 9.78 Å². The van der Waals surface area contributed by atoms with Crippen LogP contribution in [-0.2, 0) is 10.0 Å². The van der Waals surface area contributed by atoms with E-state index in [4.69, 9.17) is 0 Å². The van der Waals surface area contributed by atoms with Gasteiger partial charge in [-0.1, -0.05) is 13.8 Å². The first-order chi connectivity index (χ1) is 8.74. The largest absolute Gasteiger partial charge is 0.389 e. The Kier molecular flexibility index (Phi) is 4.66. The molecule has 0 amide bonds. The Morgan fingerprint density at radius 2 is 1.89 bits per heavy atom. The SMILES string of the molecule is CCC(O)(CC)CNS(=O)(=O)c1c[nH]c(=O)[nH]c1=O. The zero-order chi connectivity index (χ0) is 14.7. The fraction of sp³-hybridized carbons (Fsp3) is 0.600. The zero-order valence-electron chi connectivity index (χ0n) is 10.7. The predicted molar refractivity (Wildman–Crippen MR) is 68.4 cm³/mol. The smallest absolute Gasteiger partial charge is 0.325 e. The molecule has 0 saturated carbocycles. The van der Waals surface area contributed by atoms with E-state index in [2.05, 4.69) is 9.71 Å². The first kappa shape index (κ1) is 15.6. The number of hydrogen-bond donors (Lipinski definition) is 4. The molecule has 0 aliphatic carbocycles. The molecule has 1 aromatic heterocycles. The molecule has 1 rings (SSSR count). The van der Waals surface area contributed by atoms with Crippen LogP contribution < -0.4 is 16.0 Å². The van der Waals surface area contributed by atoms with E-state index in [9.17, 15) is 23.1 Å². The highest BCUT2D eigenvalue weighted by Crippen LogP contribution is 2.14. The van der Waals surface area contributed by atoms with Crippen LogP contribution in [-0.4, -0.2) is 35.6 Å². The Balaban J connectivity index is 3.00. The molecule has 0 bridgehead atoms. The number of aliphatic hydroxyl groups is 1. The topological polar surface area (TPSA) is 132 Å². The normalized spacial score (nSPS) is 12.6. The molecule has 9 heteroatoms. The monoisotopic (exact) mass is 291 g/mol. The van der Waals surface area contributed by atoms with Crippen LogP contribution in [0.1, 0.15) is 26.7 Å². The molecular weight excluding hydrogens is 274 g/mol. The van der Waals surface area contributed by atoms with Crippen LogP contribution in [0.3, 0.4) is 0 Å². The van der Waals surface area contributed by atoms with Gasteiger partial charge in [0.1, 0.15) is 0 Å². The van der Waals surface area contributed by atoms with E-state index in [0.717, 1.165) is 6.20 Å². The number of nitrogens with one attached hydrogen (secondary N) is 3. The Morgan fingerprint density at radius 3 is 2.37 bits per heavy atom. The Morgan fingerprint density at radius 1 is 1.32 bits per heavy atom. The van der Waals surface area contributed by atoms with E-state index in [1.807, 2.05) is 4.98 Å². The average molecular weight is 291 g/mol. The van der Waals surface area contributed by atoms with Gasteiger partial charge in [-0.15, -0.1) is 0 Å². The van der Waals surface area contributed by atoms with Crippen molar-refractivity contribution in [2.45, 2.75) is 37.2 Å². The molecule has 0 saturated heterocycles. The summed E-state index contributed by atoms with van der Waals surface area (Å²) in [6, 6.07) is 0. The fourth-order valence-electron chi connectivity index (χ4n) is 1.40. The second kappa shape index (κ2) is 5.68. The van der Waals surface area contributed by atoms with Gasteiger partial charge >= 0.3 is 5.69 Å². The van der Waals surface area contributed by atoms with Gasteiger partial charge in [0, 0.05) is 12.7 Å². The molecule has 1 heterocycles. The average Bonchev–Trinajstić information content (AvgIpc) is 2.35. The highest BCUT2D eigenvalue weighted by molar-refractivity contribution is 7.89. The van der Waals surface area contributed by atoms with E-state index in [1.165, 1.54) is 0 Å². The standard InChI is InChI=1S/C10H17N3O5S/c1-3-10(16,4-2)6-12-19(17,18)7-5-11-9(15)13-8(7)14/h5,12,16H,3-4,6H2,1-2H3,(H2,11,13,14,15). The van der Waals surface area contributed by atoms with Gasteiger partial charge in [-0.25, -0.2) is 17.9 Å². The minimum Gasteiger partial charge on any atom is -0.389 e. The third-order valence-corrected chi connectivity index (χ3v) is 4.39. The van der Waals surface area contributed by atoms with Crippen molar-refractivity contribution in [1.29, 1.82) is 0 Å². The van der Waals surface area contributed by atoms with Crippen LogP contribution >= 0.6 is 0 Å². The number of sulfonamides is 1. The van der Waals surface area contributed by atoms with Crippen molar-refractivity contribution in [2.75, 3.05) is 6.54 Å². The molecule has 0 aliphatic heterocycles. The summed E-state index contributed by atoms with van der Waals surface area (Å²) in [6.07, 6.45) is 1.56. The van der Waals surface area contributed by atoms with Gasteiger partial charge in [0.2, 0.25) is 10.0 Å². The van der Waals surface area contributed by atoms with Crippen LogP contribution in [0.4, 0.5) is 0 Å². The molecule has 0 spiro atoms. The van der Waals surface area contributed by atoms with Gasteiger partial charge in [-0.2, -0.15) is 0 Å². The summed E-state index contributed by atoms with van der Waals surface area (Å²) in [5.41, 5.74) is -2.96. The van der Waals surface area contributed by atoms with Crippen molar-refractivity contribution in [1.82, 2.24) is 14.7 Å². The molecule has 0 aliphatic rings. The van der Waals surface area contributed by atoms with E-state index in [1.54, 1.807) is 13.8 Å². The summed E-state index contributed by atoms with van der Waals surface area (Å²) in [6.45, 7) is 3.25. The Hall–Kier alpha value is -1.45. The first-order valence-electron chi connectivity index (χ1n) is 5.78. The lowest BCUT2D eigenvalue weighted by atomic mass is 9.98. The second-order valence-electron chi connectivity index (χ2n) is 4.19. The molecule has 19 heavy (non-hydrogen) atoms. The molecule has 1 aromatic rings. The number of aromatic amines is 2. The number of rotatable bonds is 6. The van der Waals surface area contributed by atoms with Crippen molar-refractivity contribution in [3.05, 3.63) is 27.0 Å². The highest BCUT2D eigenvalue weighted by Gasteiger charge is 2.26. The quantitative estimate of drug-likeness (QED) is 0.528. The molecule has 0 radical (unpaired) electrons. The van der Waals surface area contributed by atoms with Crippen molar-refractivity contribution in [3.8, 4) is 0 Å². The molecule has 0 aromatic carbocycles. The molecule has 8 nitrogen and oxygen atoms in total. The van der Waals surface area contributed by atoms with Gasteiger partial charge in [-0.05, 0) is 12.8 Å². The molecule has 0 atom stereocenters. The number of hydrogen-bond acceptors (Lipinski definition) is 5. The first-order valence-corrected chi connectivity index (χ1v) is 7.26. The van der Waals surface area contributed by atoms with Crippen molar-refractivity contribution >= 4 is 10.0 Å². The zero-order valence-corrected chi connectivity index (χ0v) is 11.5. The van der Waals surface area contributed by atoms with Crippen LogP contribution in [0.15, 0.2) is 20.7 Å². The van der Waals surface area contributed by atoms with Gasteiger partial charge in [0.05, 0.1) is 5.60 Å². The maximum atomic E-state index is 11.9. The van der Waals surface area contributed by atoms with Gasteiger partial charge in [0.15, 0.2) is 4.90 Å². The summed E-state index contributed by atoms with van der Waals surface area (Å²) in [7, 11) is -4.08. The van der Waals surface area contributed by atoms with E-state index >= 15 is 0 Å². The third kappa shape index (κ3) is 3.75. The highest BCUT2D eigenvalue weighted by atomic mass is 32.2. The third-order valence-electron chi connectivity index (χ3n) is 2.98. The fourth-order valence-corrected chi connectivity index (χ4v) is 2.53. The Bertz CT molecular complexity index is 642. The minimum absolute atomic E-state index is 0.207. The summed E-state index contributed by atoms with van der Waals surface area (Å²) in [5, 5.41) is 9.98. The number of aromatic nitrogens is 2. The summed E-state index contributed by atoms with van der Waals surface area (Å²) >= 11 is 0. The maximum absolute atomic E-state index is 11.9. The lowest BCUT2D eigenvalue weighted by Crippen LogP contribution is -2.43. The van der Waals surface area contributed by atoms with Crippen LogP contribution in [0, 0.1) is 0 Å². The lowest BCUT2D eigenvalue weighted by molar-refractivity contribution is 0.0377. The van der Waals surface area contributed by atoms with Gasteiger partial charge < -0.3 is 10.1 Å². The second-order valence-corrected chi connectivity index (χ2v) is 5.93.